The van der Waals surface area contributed by atoms with Crippen molar-refractivity contribution in [3.63, 3.8) is 0 Å². The number of nitrogens with zero attached hydrogens (tertiary/aromatic N) is 1. The Hall–Kier alpha value is -0.980. The molecule has 1 amide bonds. The van der Waals surface area contributed by atoms with Crippen molar-refractivity contribution in [3.05, 3.63) is 11.9 Å². The van der Waals surface area contributed by atoms with E-state index in [1.54, 1.807) is 0 Å². The predicted octanol–water partition coefficient (Wildman–Crippen LogP) is 3.71. The van der Waals surface area contributed by atoms with Gasteiger partial charge in [0.1, 0.15) is 0 Å². The summed E-state index contributed by atoms with van der Waals surface area (Å²) in [6, 6.07) is 0. The molecule has 0 aliphatic heterocycles. The van der Waals surface area contributed by atoms with Crippen LogP contribution in [0.1, 0.15) is 34.1 Å². The molecule has 0 aromatic rings. The standard InChI is InChI=1S/C13H19F3N2OS/c1-12(2)8(13(12,3)4)10(19)18-11(17)20-6-5-7(14)9(15)16/h8H,5-6H2,1-4H3,(H2,17,18,19). The third-order valence-corrected chi connectivity index (χ3v) is 5.06. The molecule has 20 heavy (non-hydrogen) atoms. The fraction of sp³-hybridized carbons (Fsp3) is 0.692. The number of hydrogen-bond donors (Lipinski definition) is 1. The van der Waals surface area contributed by atoms with Crippen molar-refractivity contribution in [1.29, 1.82) is 0 Å². The zero-order chi connectivity index (χ0) is 15.7. The van der Waals surface area contributed by atoms with Gasteiger partial charge in [-0.2, -0.15) is 13.8 Å². The maximum absolute atomic E-state index is 12.5. The molecule has 1 rings (SSSR count). The topological polar surface area (TPSA) is 55.5 Å². The van der Waals surface area contributed by atoms with Crippen molar-refractivity contribution in [3.8, 4) is 0 Å². The lowest BCUT2D eigenvalue weighted by molar-refractivity contribution is -0.120. The Balaban J connectivity index is 2.51. The number of carbonyl (C=O) groups excluding carboxylic acids is 1. The first-order valence-electron chi connectivity index (χ1n) is 6.22. The monoisotopic (exact) mass is 308 g/mol. The van der Waals surface area contributed by atoms with Crippen molar-refractivity contribution >= 4 is 22.8 Å². The highest BCUT2D eigenvalue weighted by molar-refractivity contribution is 8.13. The summed E-state index contributed by atoms with van der Waals surface area (Å²) < 4.78 is 36.2. The van der Waals surface area contributed by atoms with Crippen LogP contribution in [0, 0.1) is 16.7 Å². The second-order valence-electron chi connectivity index (χ2n) is 5.93. The van der Waals surface area contributed by atoms with Gasteiger partial charge in [0.05, 0.1) is 5.92 Å². The average Bonchev–Trinajstić information content (AvgIpc) is 2.68. The Labute approximate surface area is 120 Å². The molecule has 0 aromatic heterocycles. The fourth-order valence-electron chi connectivity index (χ4n) is 2.36. The number of thioether (sulfide) groups is 1. The number of halogens is 3. The van der Waals surface area contributed by atoms with Crippen LogP contribution in [-0.4, -0.2) is 16.8 Å². The molecule has 1 saturated carbocycles. The molecule has 1 aliphatic carbocycles. The zero-order valence-corrected chi connectivity index (χ0v) is 12.8. The summed E-state index contributed by atoms with van der Waals surface area (Å²) in [5.41, 5.74) is 5.28. The van der Waals surface area contributed by atoms with Gasteiger partial charge in [0.15, 0.2) is 11.0 Å². The highest BCUT2D eigenvalue weighted by Crippen LogP contribution is 2.68. The van der Waals surface area contributed by atoms with E-state index in [-0.39, 0.29) is 33.6 Å². The third kappa shape index (κ3) is 3.37. The maximum atomic E-state index is 12.5. The largest absolute Gasteiger partial charge is 0.378 e. The van der Waals surface area contributed by atoms with Gasteiger partial charge in [0.25, 0.3) is 5.91 Å². The molecule has 7 heteroatoms. The van der Waals surface area contributed by atoms with Crippen LogP contribution in [0.25, 0.3) is 0 Å². The summed E-state index contributed by atoms with van der Waals surface area (Å²) >= 11 is 0.895. The molecule has 1 aliphatic rings. The first kappa shape index (κ1) is 17.1. The van der Waals surface area contributed by atoms with E-state index in [1.165, 1.54) is 0 Å². The molecule has 0 saturated heterocycles. The van der Waals surface area contributed by atoms with Crippen LogP contribution in [0.2, 0.25) is 0 Å². The van der Waals surface area contributed by atoms with Gasteiger partial charge >= 0.3 is 6.08 Å². The van der Waals surface area contributed by atoms with Crippen molar-refractivity contribution in [2.24, 2.45) is 27.5 Å². The summed E-state index contributed by atoms with van der Waals surface area (Å²) in [7, 11) is 0. The molecular formula is C13H19F3N2OS. The molecule has 3 nitrogen and oxygen atoms in total. The second-order valence-corrected chi connectivity index (χ2v) is 7.04. The lowest BCUT2D eigenvalue weighted by Gasteiger charge is -2.03. The minimum atomic E-state index is -2.32. The Kier molecular flexibility index (Phi) is 4.94. The molecule has 0 radical (unpaired) electrons. The van der Waals surface area contributed by atoms with E-state index in [1.807, 2.05) is 27.7 Å². The van der Waals surface area contributed by atoms with E-state index < -0.39 is 18.3 Å². The van der Waals surface area contributed by atoms with Crippen LogP contribution in [0.3, 0.4) is 0 Å². The van der Waals surface area contributed by atoms with E-state index in [4.69, 9.17) is 5.73 Å². The van der Waals surface area contributed by atoms with Crippen LogP contribution in [-0.2, 0) is 4.79 Å². The number of rotatable bonds is 4. The Bertz CT molecular complexity index is 454. The number of amidine groups is 1. The Morgan fingerprint density at radius 3 is 2.10 bits per heavy atom. The van der Waals surface area contributed by atoms with Gasteiger partial charge in [-0.25, -0.2) is 4.39 Å². The van der Waals surface area contributed by atoms with Gasteiger partial charge < -0.3 is 5.73 Å². The van der Waals surface area contributed by atoms with Crippen molar-refractivity contribution < 1.29 is 18.0 Å². The summed E-state index contributed by atoms with van der Waals surface area (Å²) in [4.78, 5) is 15.7. The van der Waals surface area contributed by atoms with E-state index in [0.717, 1.165) is 11.8 Å². The predicted molar refractivity (Wildman–Crippen MR) is 75.1 cm³/mol. The minimum Gasteiger partial charge on any atom is -0.378 e. The summed E-state index contributed by atoms with van der Waals surface area (Å²) in [6.45, 7) is 7.94. The lowest BCUT2D eigenvalue weighted by atomic mass is 10.0. The lowest BCUT2D eigenvalue weighted by Crippen LogP contribution is -2.13. The molecule has 0 bridgehead atoms. The number of carbonyl (C=O) groups is 1. The molecule has 114 valence electrons. The van der Waals surface area contributed by atoms with E-state index in [0.29, 0.717) is 0 Å². The zero-order valence-electron chi connectivity index (χ0n) is 12.0. The quantitative estimate of drug-likeness (QED) is 0.636. The van der Waals surface area contributed by atoms with Crippen molar-refractivity contribution in [2.75, 3.05) is 5.75 Å². The Morgan fingerprint density at radius 2 is 1.70 bits per heavy atom. The SMILES string of the molecule is CC1(C)C(C(=O)N=C(N)SCCC(F)=C(F)F)C1(C)C. The van der Waals surface area contributed by atoms with Crippen molar-refractivity contribution in [2.45, 2.75) is 34.1 Å². The summed E-state index contributed by atoms with van der Waals surface area (Å²) in [6.07, 6.45) is -2.75. The normalized spacial score (nSPS) is 20.6. The second kappa shape index (κ2) is 5.79. The molecule has 0 atom stereocenters. The Morgan fingerprint density at radius 1 is 1.20 bits per heavy atom. The first-order valence-corrected chi connectivity index (χ1v) is 7.20. The van der Waals surface area contributed by atoms with Gasteiger partial charge in [-0.15, -0.1) is 0 Å². The maximum Gasteiger partial charge on any atom is 0.301 e. The van der Waals surface area contributed by atoms with Crippen LogP contribution >= 0.6 is 11.8 Å². The van der Waals surface area contributed by atoms with Gasteiger partial charge in [-0.1, -0.05) is 39.5 Å². The molecular weight excluding hydrogens is 289 g/mol. The van der Waals surface area contributed by atoms with Gasteiger partial charge in [0, 0.05) is 12.2 Å². The minimum absolute atomic E-state index is 0.0134. The number of amides is 1. The van der Waals surface area contributed by atoms with Crippen LogP contribution in [0.15, 0.2) is 16.9 Å². The van der Waals surface area contributed by atoms with Crippen LogP contribution in [0.5, 0.6) is 0 Å². The molecule has 1 fully saturated rings. The highest BCUT2D eigenvalue weighted by atomic mass is 32.2. The number of nitrogens with two attached hydrogens (primary N) is 1. The smallest absolute Gasteiger partial charge is 0.301 e. The van der Waals surface area contributed by atoms with E-state index >= 15 is 0 Å². The third-order valence-electron chi connectivity index (χ3n) is 4.26. The van der Waals surface area contributed by atoms with Gasteiger partial charge in [-0.05, 0) is 10.8 Å². The number of aliphatic imine (C=N–C) groups is 1. The van der Waals surface area contributed by atoms with Crippen molar-refractivity contribution in [1.82, 2.24) is 0 Å². The molecule has 2 N–H and O–H groups in total. The first-order chi connectivity index (χ1) is 9.01. The van der Waals surface area contributed by atoms with E-state index in [9.17, 15) is 18.0 Å². The van der Waals surface area contributed by atoms with Crippen LogP contribution in [0.4, 0.5) is 13.2 Å². The number of hydrogen-bond acceptors (Lipinski definition) is 2. The van der Waals surface area contributed by atoms with E-state index in [2.05, 4.69) is 4.99 Å². The number of allylic oxidation sites excluding steroid dienone is 1. The fourth-order valence-corrected chi connectivity index (χ4v) is 3.00. The molecule has 0 aromatic carbocycles. The molecule has 0 unspecified atom stereocenters. The molecule has 0 heterocycles. The summed E-state index contributed by atoms with van der Waals surface area (Å²) in [5, 5.41) is -0.0134. The highest BCUT2D eigenvalue weighted by Gasteiger charge is 2.68. The average molecular weight is 308 g/mol. The van der Waals surface area contributed by atoms with Gasteiger partial charge in [0.2, 0.25) is 0 Å². The van der Waals surface area contributed by atoms with Gasteiger partial charge in [-0.3, -0.25) is 4.79 Å². The van der Waals surface area contributed by atoms with Crippen LogP contribution < -0.4 is 5.73 Å². The summed E-state index contributed by atoms with van der Waals surface area (Å²) in [5.74, 6) is -1.95. The molecule has 0 spiro atoms.